The van der Waals surface area contributed by atoms with Gasteiger partial charge in [-0.1, -0.05) is 48.2 Å². The van der Waals surface area contributed by atoms with Crippen LogP contribution in [-0.2, 0) is 10.7 Å². The second-order valence-electron chi connectivity index (χ2n) is 5.05. The highest BCUT2D eigenvalue weighted by Crippen LogP contribution is 2.23. The smallest absolute Gasteiger partial charge is 0.343 e. The molecular formula is C16H12Br2N4O2S. The van der Waals surface area contributed by atoms with Crippen LogP contribution in [0.5, 0.6) is 5.75 Å². The number of ether oxygens (including phenoxy) is 1. The van der Waals surface area contributed by atoms with Gasteiger partial charge < -0.3 is 4.74 Å². The van der Waals surface area contributed by atoms with Crippen LogP contribution in [0, 0.1) is 4.77 Å². The van der Waals surface area contributed by atoms with Gasteiger partial charge in [0.1, 0.15) is 5.75 Å². The maximum absolute atomic E-state index is 12.3. The highest BCUT2D eigenvalue weighted by atomic mass is 79.9. The number of nitrogens with zero attached hydrogens (tertiary/aromatic N) is 3. The van der Waals surface area contributed by atoms with Crippen molar-refractivity contribution < 1.29 is 9.53 Å². The monoisotopic (exact) mass is 482 g/mol. The van der Waals surface area contributed by atoms with Crippen molar-refractivity contribution in [1.29, 1.82) is 0 Å². The SMILES string of the molecule is O=C(Oc1ccc(CBr)c(CBr)c1)c1ccc(-n2[nH]nnc2=S)cc1. The Morgan fingerprint density at radius 3 is 2.44 bits per heavy atom. The number of rotatable bonds is 5. The molecule has 0 atom stereocenters. The molecule has 0 aliphatic rings. The summed E-state index contributed by atoms with van der Waals surface area (Å²) < 4.78 is 7.30. The summed E-state index contributed by atoms with van der Waals surface area (Å²) in [5.41, 5.74) is 3.38. The van der Waals surface area contributed by atoms with E-state index in [1.807, 2.05) is 12.1 Å². The number of H-pyrrole nitrogens is 1. The van der Waals surface area contributed by atoms with Crippen LogP contribution in [0.3, 0.4) is 0 Å². The third-order valence-electron chi connectivity index (χ3n) is 3.51. The van der Waals surface area contributed by atoms with Gasteiger partial charge in [0, 0.05) is 10.7 Å². The average Bonchev–Trinajstić information content (AvgIpc) is 3.07. The largest absolute Gasteiger partial charge is 0.423 e. The summed E-state index contributed by atoms with van der Waals surface area (Å²) in [4.78, 5) is 12.3. The molecule has 0 saturated carbocycles. The first kappa shape index (κ1) is 18.0. The lowest BCUT2D eigenvalue weighted by atomic mass is 10.1. The van der Waals surface area contributed by atoms with Crippen LogP contribution in [-0.4, -0.2) is 26.2 Å². The molecule has 0 amide bonds. The second kappa shape index (κ2) is 8.03. The van der Waals surface area contributed by atoms with Gasteiger partial charge in [-0.2, -0.15) is 5.21 Å². The molecule has 1 heterocycles. The van der Waals surface area contributed by atoms with Crippen molar-refractivity contribution in [1.82, 2.24) is 20.2 Å². The highest BCUT2D eigenvalue weighted by Gasteiger charge is 2.11. The number of esters is 1. The number of aromatic amines is 1. The van der Waals surface area contributed by atoms with E-state index in [1.54, 1.807) is 30.3 Å². The van der Waals surface area contributed by atoms with Crippen molar-refractivity contribution >= 4 is 50.0 Å². The fraction of sp³-hybridized carbons (Fsp3) is 0.125. The average molecular weight is 484 g/mol. The van der Waals surface area contributed by atoms with Crippen LogP contribution < -0.4 is 4.74 Å². The van der Waals surface area contributed by atoms with Crippen LogP contribution in [0.1, 0.15) is 21.5 Å². The predicted molar refractivity (Wildman–Crippen MR) is 103 cm³/mol. The van der Waals surface area contributed by atoms with E-state index in [2.05, 4.69) is 47.4 Å². The van der Waals surface area contributed by atoms with Gasteiger partial charge in [-0.25, -0.2) is 9.48 Å². The number of hydrogen-bond donors (Lipinski definition) is 1. The number of aromatic nitrogens is 4. The van der Waals surface area contributed by atoms with Crippen LogP contribution >= 0.6 is 44.1 Å². The van der Waals surface area contributed by atoms with E-state index < -0.39 is 5.97 Å². The Kier molecular flexibility index (Phi) is 5.77. The summed E-state index contributed by atoms with van der Waals surface area (Å²) in [6, 6.07) is 12.4. The standard InChI is InChI=1S/C16H12Br2N4O2S/c17-8-11-3-6-14(7-12(11)9-18)24-15(23)10-1-4-13(5-2-10)22-16(25)19-20-21-22/h1-7H,8-9H2,(H,19,21,25). The Hall–Kier alpha value is -1.84. The normalized spacial score (nSPS) is 10.6. The first-order chi connectivity index (χ1) is 12.1. The molecule has 0 aliphatic heterocycles. The summed E-state index contributed by atoms with van der Waals surface area (Å²) in [6.07, 6.45) is 0. The number of hydrogen-bond acceptors (Lipinski definition) is 5. The molecule has 6 nitrogen and oxygen atoms in total. The summed E-state index contributed by atoms with van der Waals surface area (Å²) in [5, 5.41) is 11.4. The minimum absolute atomic E-state index is 0.310. The number of benzene rings is 2. The molecule has 3 rings (SSSR count). The van der Waals surface area contributed by atoms with E-state index in [1.165, 1.54) is 4.68 Å². The molecular weight excluding hydrogens is 472 g/mol. The molecule has 9 heteroatoms. The number of tetrazole rings is 1. The van der Waals surface area contributed by atoms with Gasteiger partial charge in [-0.15, -0.1) is 0 Å². The Balaban J connectivity index is 1.77. The van der Waals surface area contributed by atoms with Gasteiger partial charge in [0.25, 0.3) is 0 Å². The van der Waals surface area contributed by atoms with Gasteiger partial charge in [0.15, 0.2) is 0 Å². The van der Waals surface area contributed by atoms with Crippen LogP contribution in [0.25, 0.3) is 5.69 Å². The first-order valence-corrected chi connectivity index (χ1v) is 9.84. The minimum Gasteiger partial charge on any atom is -0.423 e. The lowest BCUT2D eigenvalue weighted by Crippen LogP contribution is -2.09. The lowest BCUT2D eigenvalue weighted by molar-refractivity contribution is 0.0734. The molecule has 0 saturated heterocycles. The van der Waals surface area contributed by atoms with E-state index in [0.717, 1.165) is 22.1 Å². The summed E-state index contributed by atoms with van der Waals surface area (Å²) in [6.45, 7) is 0. The lowest BCUT2D eigenvalue weighted by Gasteiger charge is -2.09. The summed E-state index contributed by atoms with van der Waals surface area (Å²) in [5.74, 6) is 0.0817. The van der Waals surface area contributed by atoms with E-state index in [-0.39, 0.29) is 0 Å². The highest BCUT2D eigenvalue weighted by molar-refractivity contribution is 9.09. The predicted octanol–water partition coefficient (Wildman–Crippen LogP) is 4.33. The molecule has 128 valence electrons. The first-order valence-electron chi connectivity index (χ1n) is 7.19. The van der Waals surface area contributed by atoms with Crippen LogP contribution in [0.15, 0.2) is 42.5 Å². The number of alkyl halides is 2. The number of nitrogens with one attached hydrogen (secondary N) is 1. The number of halogens is 2. The fourth-order valence-corrected chi connectivity index (χ4v) is 3.45. The molecule has 0 bridgehead atoms. The second-order valence-corrected chi connectivity index (χ2v) is 6.54. The Labute approximate surface area is 165 Å². The van der Waals surface area contributed by atoms with Crippen molar-refractivity contribution in [2.24, 2.45) is 0 Å². The summed E-state index contributed by atoms with van der Waals surface area (Å²) >= 11 is 11.9. The van der Waals surface area contributed by atoms with E-state index in [9.17, 15) is 4.79 Å². The third kappa shape index (κ3) is 4.05. The maximum atomic E-state index is 12.3. The molecule has 2 aromatic carbocycles. The molecule has 25 heavy (non-hydrogen) atoms. The number of carbonyl (C=O) groups is 1. The Bertz CT molecular complexity index is 953. The van der Waals surface area contributed by atoms with Gasteiger partial charge in [0.2, 0.25) is 4.77 Å². The van der Waals surface area contributed by atoms with Crippen molar-refractivity contribution in [2.45, 2.75) is 10.7 Å². The van der Waals surface area contributed by atoms with Crippen molar-refractivity contribution in [3.8, 4) is 11.4 Å². The van der Waals surface area contributed by atoms with Crippen LogP contribution in [0.2, 0.25) is 0 Å². The Morgan fingerprint density at radius 1 is 1.12 bits per heavy atom. The molecule has 0 unspecified atom stereocenters. The van der Waals surface area contributed by atoms with E-state index in [4.69, 9.17) is 17.0 Å². The molecule has 0 aliphatic carbocycles. The van der Waals surface area contributed by atoms with E-state index in [0.29, 0.717) is 21.4 Å². The Morgan fingerprint density at radius 2 is 1.84 bits per heavy atom. The zero-order valence-electron chi connectivity index (χ0n) is 12.8. The molecule has 0 spiro atoms. The molecule has 3 aromatic rings. The van der Waals surface area contributed by atoms with Crippen molar-refractivity contribution in [2.75, 3.05) is 0 Å². The fourth-order valence-electron chi connectivity index (χ4n) is 2.20. The van der Waals surface area contributed by atoms with Gasteiger partial charge in [-0.05, 0) is 59.7 Å². The minimum atomic E-state index is -0.426. The summed E-state index contributed by atoms with van der Waals surface area (Å²) in [7, 11) is 0. The maximum Gasteiger partial charge on any atom is 0.343 e. The number of carbonyl (C=O) groups excluding carboxylic acids is 1. The quantitative estimate of drug-likeness (QED) is 0.253. The van der Waals surface area contributed by atoms with Crippen molar-refractivity contribution in [3.63, 3.8) is 0 Å². The van der Waals surface area contributed by atoms with E-state index >= 15 is 0 Å². The van der Waals surface area contributed by atoms with Crippen LogP contribution in [0.4, 0.5) is 0 Å². The molecule has 0 fully saturated rings. The molecule has 1 N–H and O–H groups in total. The van der Waals surface area contributed by atoms with Gasteiger partial charge in [0.05, 0.1) is 11.3 Å². The topological polar surface area (TPSA) is 72.8 Å². The van der Waals surface area contributed by atoms with Gasteiger partial charge >= 0.3 is 5.97 Å². The zero-order valence-corrected chi connectivity index (χ0v) is 16.8. The van der Waals surface area contributed by atoms with Crippen molar-refractivity contribution in [3.05, 3.63) is 63.9 Å². The molecule has 0 radical (unpaired) electrons. The van der Waals surface area contributed by atoms with Gasteiger partial charge in [-0.3, -0.25) is 0 Å². The third-order valence-corrected chi connectivity index (χ3v) is 4.98. The zero-order chi connectivity index (χ0) is 17.8. The molecule has 1 aromatic heterocycles.